The molecule has 1 fully saturated rings. The SMILES string of the molecule is ClC1CCON1. The van der Waals surface area contributed by atoms with Crippen molar-refractivity contribution >= 4 is 11.6 Å². The molecule has 2 nitrogen and oxygen atoms in total. The summed E-state index contributed by atoms with van der Waals surface area (Å²) < 4.78 is 0. The highest BCUT2D eigenvalue weighted by molar-refractivity contribution is 6.20. The zero-order valence-electron chi connectivity index (χ0n) is 3.28. The van der Waals surface area contributed by atoms with Crippen LogP contribution in [0.3, 0.4) is 0 Å². The summed E-state index contributed by atoms with van der Waals surface area (Å²) in [5, 5.41) is 0. The van der Waals surface area contributed by atoms with Crippen molar-refractivity contribution in [2.75, 3.05) is 6.61 Å². The van der Waals surface area contributed by atoms with Gasteiger partial charge in [-0.2, -0.15) is 5.48 Å². The van der Waals surface area contributed by atoms with E-state index in [0.29, 0.717) is 0 Å². The maximum Gasteiger partial charge on any atom is 0.108 e. The molecule has 1 N–H and O–H groups in total. The Morgan fingerprint density at radius 2 is 2.67 bits per heavy atom. The molecule has 0 aromatic heterocycles. The maximum absolute atomic E-state index is 5.48. The highest BCUT2D eigenvalue weighted by atomic mass is 35.5. The van der Waals surface area contributed by atoms with Crippen LogP contribution in [0.4, 0.5) is 0 Å². The number of alkyl halides is 1. The molecule has 1 unspecified atom stereocenters. The monoisotopic (exact) mass is 107 g/mol. The minimum Gasteiger partial charge on any atom is -0.300 e. The Hall–Kier alpha value is 0.210. The van der Waals surface area contributed by atoms with E-state index in [4.69, 9.17) is 11.6 Å². The number of nitrogens with one attached hydrogen (secondary N) is 1. The average Bonchev–Trinajstić information content (AvgIpc) is 1.86. The quantitative estimate of drug-likeness (QED) is 0.359. The Balaban J connectivity index is 2.18. The Kier molecular flexibility index (Phi) is 1.29. The van der Waals surface area contributed by atoms with Gasteiger partial charge in [-0.1, -0.05) is 0 Å². The van der Waals surface area contributed by atoms with Gasteiger partial charge in [0.1, 0.15) is 5.50 Å². The van der Waals surface area contributed by atoms with Crippen molar-refractivity contribution in [1.82, 2.24) is 5.48 Å². The van der Waals surface area contributed by atoms with Crippen LogP contribution >= 0.6 is 11.6 Å². The second-order valence-electron chi connectivity index (χ2n) is 1.22. The van der Waals surface area contributed by atoms with Crippen LogP contribution in [-0.2, 0) is 4.84 Å². The van der Waals surface area contributed by atoms with Crippen LogP contribution in [0.2, 0.25) is 0 Å². The van der Waals surface area contributed by atoms with Gasteiger partial charge >= 0.3 is 0 Å². The number of halogens is 1. The van der Waals surface area contributed by atoms with Crippen LogP contribution in [0.5, 0.6) is 0 Å². The van der Waals surface area contributed by atoms with Gasteiger partial charge in [0.15, 0.2) is 0 Å². The second kappa shape index (κ2) is 1.78. The first kappa shape index (κ1) is 4.37. The van der Waals surface area contributed by atoms with Crippen molar-refractivity contribution in [2.45, 2.75) is 11.9 Å². The van der Waals surface area contributed by atoms with E-state index in [1.54, 1.807) is 0 Å². The van der Waals surface area contributed by atoms with Crippen molar-refractivity contribution in [1.29, 1.82) is 0 Å². The number of hydrogen-bond donors (Lipinski definition) is 1. The van der Waals surface area contributed by atoms with Crippen molar-refractivity contribution in [3.05, 3.63) is 0 Å². The lowest BCUT2D eigenvalue weighted by molar-refractivity contribution is 0.0981. The van der Waals surface area contributed by atoms with Crippen LogP contribution in [0.1, 0.15) is 6.42 Å². The number of hydroxylamine groups is 1. The lowest BCUT2D eigenvalue weighted by Crippen LogP contribution is -2.11. The van der Waals surface area contributed by atoms with E-state index in [1.165, 1.54) is 0 Å². The zero-order valence-corrected chi connectivity index (χ0v) is 4.03. The minimum atomic E-state index is 0.0463. The van der Waals surface area contributed by atoms with Gasteiger partial charge in [0.05, 0.1) is 6.61 Å². The van der Waals surface area contributed by atoms with E-state index in [-0.39, 0.29) is 5.50 Å². The molecular formula is C3H6ClNO. The molecule has 1 heterocycles. The summed E-state index contributed by atoms with van der Waals surface area (Å²) in [5.74, 6) is 0. The molecule has 6 heavy (non-hydrogen) atoms. The summed E-state index contributed by atoms with van der Waals surface area (Å²) in [6.07, 6.45) is 0.918. The molecule has 1 rings (SSSR count). The minimum absolute atomic E-state index is 0.0463. The molecule has 0 aromatic carbocycles. The number of rotatable bonds is 0. The summed E-state index contributed by atoms with van der Waals surface area (Å²) in [6, 6.07) is 0. The van der Waals surface area contributed by atoms with Gasteiger partial charge in [-0.15, -0.1) is 11.6 Å². The summed E-state index contributed by atoms with van der Waals surface area (Å²) in [6.45, 7) is 0.744. The molecule has 0 spiro atoms. The third-order valence-corrected chi connectivity index (χ3v) is 0.992. The van der Waals surface area contributed by atoms with Gasteiger partial charge in [-0.3, -0.25) is 0 Å². The molecule has 36 valence electrons. The molecule has 0 radical (unpaired) electrons. The van der Waals surface area contributed by atoms with Gasteiger partial charge in [-0.05, 0) is 0 Å². The Labute approximate surface area is 41.4 Å². The molecule has 1 atom stereocenters. The molecular weight excluding hydrogens is 101 g/mol. The molecule has 0 saturated carbocycles. The van der Waals surface area contributed by atoms with Gasteiger partial charge in [0, 0.05) is 6.42 Å². The smallest absolute Gasteiger partial charge is 0.108 e. The first-order valence-corrected chi connectivity index (χ1v) is 2.34. The second-order valence-corrected chi connectivity index (χ2v) is 1.75. The summed E-state index contributed by atoms with van der Waals surface area (Å²) >= 11 is 5.48. The molecule has 3 heteroatoms. The Morgan fingerprint density at radius 1 is 1.83 bits per heavy atom. The van der Waals surface area contributed by atoms with Crippen molar-refractivity contribution in [2.24, 2.45) is 0 Å². The maximum atomic E-state index is 5.48. The van der Waals surface area contributed by atoms with E-state index in [2.05, 4.69) is 10.3 Å². The zero-order chi connectivity index (χ0) is 4.41. The van der Waals surface area contributed by atoms with Crippen LogP contribution in [0.25, 0.3) is 0 Å². The summed E-state index contributed by atoms with van der Waals surface area (Å²) in [5.41, 5.74) is 2.63. The molecule has 0 aromatic rings. The number of hydrogen-bond acceptors (Lipinski definition) is 2. The van der Waals surface area contributed by atoms with Crippen molar-refractivity contribution in [3.8, 4) is 0 Å². The predicted octanol–water partition coefficient (Wildman–Crippen LogP) is 0.476. The fourth-order valence-corrected chi connectivity index (χ4v) is 0.523. The van der Waals surface area contributed by atoms with E-state index < -0.39 is 0 Å². The van der Waals surface area contributed by atoms with Crippen LogP contribution < -0.4 is 5.48 Å². The standard InChI is InChI=1S/C3H6ClNO/c4-3-1-2-6-5-3/h3,5H,1-2H2. The molecule has 0 bridgehead atoms. The first-order chi connectivity index (χ1) is 2.89. The third kappa shape index (κ3) is 0.834. The van der Waals surface area contributed by atoms with E-state index >= 15 is 0 Å². The van der Waals surface area contributed by atoms with Crippen molar-refractivity contribution < 1.29 is 4.84 Å². The van der Waals surface area contributed by atoms with Crippen LogP contribution in [0, 0.1) is 0 Å². The predicted molar refractivity (Wildman–Crippen MR) is 23.3 cm³/mol. The summed E-state index contributed by atoms with van der Waals surface area (Å²) in [4.78, 5) is 4.67. The highest BCUT2D eigenvalue weighted by Gasteiger charge is 2.09. The topological polar surface area (TPSA) is 21.3 Å². The molecule has 1 saturated heterocycles. The third-order valence-electron chi connectivity index (χ3n) is 0.685. The lowest BCUT2D eigenvalue weighted by atomic mass is 10.5. The Bertz CT molecular complexity index is 44.1. The molecule has 0 aliphatic carbocycles. The fraction of sp³-hybridized carbons (Fsp3) is 1.00. The normalized spacial score (nSPS) is 34.5. The van der Waals surface area contributed by atoms with Gasteiger partial charge in [0.25, 0.3) is 0 Å². The van der Waals surface area contributed by atoms with E-state index in [1.807, 2.05) is 0 Å². The van der Waals surface area contributed by atoms with Crippen LogP contribution in [-0.4, -0.2) is 12.1 Å². The van der Waals surface area contributed by atoms with Crippen LogP contribution in [0.15, 0.2) is 0 Å². The fourth-order valence-electron chi connectivity index (χ4n) is 0.371. The van der Waals surface area contributed by atoms with E-state index in [0.717, 1.165) is 13.0 Å². The molecule has 1 aliphatic heterocycles. The lowest BCUT2D eigenvalue weighted by Gasteiger charge is -1.90. The summed E-state index contributed by atoms with van der Waals surface area (Å²) in [7, 11) is 0. The van der Waals surface area contributed by atoms with Crippen molar-refractivity contribution in [3.63, 3.8) is 0 Å². The van der Waals surface area contributed by atoms with Gasteiger partial charge < -0.3 is 4.84 Å². The molecule has 1 aliphatic rings. The average molecular weight is 108 g/mol. The van der Waals surface area contributed by atoms with E-state index in [9.17, 15) is 0 Å². The Morgan fingerprint density at radius 3 is 2.83 bits per heavy atom. The van der Waals surface area contributed by atoms with Gasteiger partial charge in [0.2, 0.25) is 0 Å². The largest absolute Gasteiger partial charge is 0.300 e. The highest BCUT2D eigenvalue weighted by Crippen LogP contribution is 2.02. The molecule has 0 amide bonds. The first-order valence-electron chi connectivity index (χ1n) is 1.91. The van der Waals surface area contributed by atoms with Gasteiger partial charge in [-0.25, -0.2) is 0 Å².